The van der Waals surface area contributed by atoms with Gasteiger partial charge in [-0.1, -0.05) is 18.2 Å². The van der Waals surface area contributed by atoms with E-state index in [1.54, 1.807) is 12.1 Å². The lowest BCUT2D eigenvalue weighted by atomic mass is 10.1. The molecule has 0 aliphatic carbocycles. The van der Waals surface area contributed by atoms with Gasteiger partial charge in [-0.15, -0.1) is 0 Å². The average Bonchev–Trinajstić information content (AvgIpc) is 2.41. The highest BCUT2D eigenvalue weighted by Gasteiger charge is 2.12. The second-order valence-electron chi connectivity index (χ2n) is 4.68. The van der Waals surface area contributed by atoms with E-state index in [1.807, 2.05) is 19.9 Å². The predicted molar refractivity (Wildman–Crippen MR) is 76.3 cm³/mol. The van der Waals surface area contributed by atoms with E-state index in [9.17, 15) is 14.5 Å². The molecule has 1 N–H and O–H groups in total. The van der Waals surface area contributed by atoms with Crippen molar-refractivity contribution in [2.75, 3.05) is 5.32 Å². The van der Waals surface area contributed by atoms with Gasteiger partial charge < -0.3 is 5.32 Å². The molecule has 4 nitrogen and oxygen atoms in total. The summed E-state index contributed by atoms with van der Waals surface area (Å²) in [5, 5.41) is 14.0. The van der Waals surface area contributed by atoms with Gasteiger partial charge >= 0.3 is 0 Å². The Morgan fingerprint density at radius 1 is 1.25 bits per heavy atom. The molecule has 0 bridgehead atoms. The third-order valence-corrected chi connectivity index (χ3v) is 3.15. The molecule has 0 saturated heterocycles. The zero-order valence-corrected chi connectivity index (χ0v) is 11.3. The van der Waals surface area contributed by atoms with E-state index in [2.05, 4.69) is 5.32 Å². The maximum absolute atomic E-state index is 13.2. The Labute approximate surface area is 116 Å². The fraction of sp³-hybridized carbons (Fsp3) is 0.200. The first kappa shape index (κ1) is 14.0. The van der Waals surface area contributed by atoms with Gasteiger partial charge in [0.2, 0.25) is 0 Å². The van der Waals surface area contributed by atoms with E-state index >= 15 is 0 Å². The lowest BCUT2D eigenvalue weighted by Crippen LogP contribution is -2.08. The number of aryl methyl sites for hydroxylation is 1. The smallest absolute Gasteiger partial charge is 0.271 e. The summed E-state index contributed by atoms with van der Waals surface area (Å²) in [7, 11) is 0. The van der Waals surface area contributed by atoms with Crippen LogP contribution in [0.5, 0.6) is 0 Å². The molecule has 20 heavy (non-hydrogen) atoms. The van der Waals surface area contributed by atoms with Crippen LogP contribution < -0.4 is 5.32 Å². The highest BCUT2D eigenvalue weighted by atomic mass is 19.1. The quantitative estimate of drug-likeness (QED) is 0.671. The average molecular weight is 274 g/mol. The number of nitrogens with zero attached hydrogens (tertiary/aromatic N) is 1. The van der Waals surface area contributed by atoms with Crippen LogP contribution in [0.2, 0.25) is 0 Å². The Balaban J connectivity index is 2.25. The SMILES string of the molecule is Cc1ccc([N+](=O)[O-])cc1NC(C)c1cccc(F)c1. The number of hydrogen-bond acceptors (Lipinski definition) is 3. The molecule has 0 aliphatic heterocycles. The van der Waals surface area contributed by atoms with E-state index < -0.39 is 4.92 Å². The minimum atomic E-state index is -0.433. The van der Waals surface area contributed by atoms with Crippen LogP contribution in [-0.4, -0.2) is 4.92 Å². The summed E-state index contributed by atoms with van der Waals surface area (Å²) in [5.74, 6) is -0.299. The molecule has 0 radical (unpaired) electrons. The Hall–Kier alpha value is -2.43. The minimum Gasteiger partial charge on any atom is -0.378 e. The molecule has 5 heteroatoms. The lowest BCUT2D eigenvalue weighted by molar-refractivity contribution is -0.384. The molecule has 0 heterocycles. The Kier molecular flexibility index (Phi) is 3.98. The fourth-order valence-electron chi connectivity index (χ4n) is 1.97. The number of hydrogen-bond donors (Lipinski definition) is 1. The first-order chi connectivity index (χ1) is 9.47. The van der Waals surface area contributed by atoms with E-state index in [0.29, 0.717) is 5.69 Å². The number of rotatable bonds is 4. The molecule has 2 rings (SSSR count). The molecule has 2 aromatic rings. The number of anilines is 1. The van der Waals surface area contributed by atoms with Crippen molar-refractivity contribution >= 4 is 11.4 Å². The van der Waals surface area contributed by atoms with Crippen molar-refractivity contribution < 1.29 is 9.31 Å². The van der Waals surface area contributed by atoms with Gasteiger partial charge in [0.25, 0.3) is 5.69 Å². The highest BCUT2D eigenvalue weighted by molar-refractivity contribution is 5.57. The van der Waals surface area contributed by atoms with Gasteiger partial charge in [-0.25, -0.2) is 4.39 Å². The van der Waals surface area contributed by atoms with E-state index in [4.69, 9.17) is 0 Å². The molecule has 0 fully saturated rings. The van der Waals surface area contributed by atoms with Gasteiger partial charge in [-0.05, 0) is 37.1 Å². The third-order valence-electron chi connectivity index (χ3n) is 3.15. The summed E-state index contributed by atoms with van der Waals surface area (Å²) in [4.78, 5) is 10.4. The molecule has 1 atom stereocenters. The van der Waals surface area contributed by atoms with Gasteiger partial charge in [0.05, 0.1) is 4.92 Å². The first-order valence-electron chi connectivity index (χ1n) is 6.24. The van der Waals surface area contributed by atoms with E-state index in [0.717, 1.165) is 11.1 Å². The standard InChI is InChI=1S/C15H15FN2O2/c1-10-6-7-14(18(19)20)9-15(10)17-11(2)12-4-3-5-13(16)8-12/h3-9,11,17H,1-2H3. The number of nitrogens with one attached hydrogen (secondary N) is 1. The summed E-state index contributed by atoms with van der Waals surface area (Å²) >= 11 is 0. The van der Waals surface area contributed by atoms with Gasteiger partial charge in [-0.2, -0.15) is 0 Å². The van der Waals surface area contributed by atoms with Crippen LogP contribution in [0.25, 0.3) is 0 Å². The van der Waals surface area contributed by atoms with Gasteiger partial charge in [0.15, 0.2) is 0 Å². The van der Waals surface area contributed by atoms with Gasteiger partial charge in [0, 0.05) is 23.9 Å². The summed E-state index contributed by atoms with van der Waals surface area (Å²) in [6.45, 7) is 3.75. The van der Waals surface area contributed by atoms with Crippen LogP contribution in [0.3, 0.4) is 0 Å². The molecule has 0 aliphatic rings. The Bertz CT molecular complexity index is 644. The summed E-state index contributed by atoms with van der Waals surface area (Å²) in [5.41, 5.74) is 2.40. The lowest BCUT2D eigenvalue weighted by Gasteiger charge is -2.17. The molecule has 2 aromatic carbocycles. The molecule has 0 amide bonds. The fourth-order valence-corrected chi connectivity index (χ4v) is 1.97. The number of benzene rings is 2. The summed E-state index contributed by atoms with van der Waals surface area (Å²) < 4.78 is 13.2. The predicted octanol–water partition coefficient (Wildman–Crippen LogP) is 4.22. The van der Waals surface area contributed by atoms with Crippen LogP contribution in [0.4, 0.5) is 15.8 Å². The zero-order valence-electron chi connectivity index (χ0n) is 11.3. The monoisotopic (exact) mass is 274 g/mol. The highest BCUT2D eigenvalue weighted by Crippen LogP contribution is 2.26. The van der Waals surface area contributed by atoms with Crippen LogP contribution >= 0.6 is 0 Å². The second kappa shape index (κ2) is 5.69. The van der Waals surface area contributed by atoms with Crippen LogP contribution in [0, 0.1) is 22.9 Å². The van der Waals surface area contributed by atoms with E-state index in [1.165, 1.54) is 24.3 Å². The van der Waals surface area contributed by atoms with Crippen molar-refractivity contribution in [1.29, 1.82) is 0 Å². The molecule has 0 aromatic heterocycles. The number of nitro benzene ring substituents is 1. The second-order valence-corrected chi connectivity index (χ2v) is 4.68. The van der Waals surface area contributed by atoms with E-state index in [-0.39, 0.29) is 17.5 Å². The normalized spacial score (nSPS) is 11.9. The van der Waals surface area contributed by atoms with Crippen LogP contribution in [0.1, 0.15) is 24.1 Å². The first-order valence-corrected chi connectivity index (χ1v) is 6.24. The third kappa shape index (κ3) is 3.12. The van der Waals surface area contributed by atoms with Crippen molar-refractivity contribution in [2.24, 2.45) is 0 Å². The maximum Gasteiger partial charge on any atom is 0.271 e. The largest absolute Gasteiger partial charge is 0.378 e. The zero-order chi connectivity index (χ0) is 14.7. The van der Waals surface area contributed by atoms with Crippen molar-refractivity contribution in [3.8, 4) is 0 Å². The van der Waals surface area contributed by atoms with Crippen LogP contribution in [0.15, 0.2) is 42.5 Å². The van der Waals surface area contributed by atoms with Crippen molar-refractivity contribution in [3.63, 3.8) is 0 Å². The summed E-state index contributed by atoms with van der Waals surface area (Å²) in [6, 6.07) is 10.8. The molecular formula is C15H15FN2O2. The van der Waals surface area contributed by atoms with Gasteiger partial charge in [0.1, 0.15) is 5.82 Å². The van der Waals surface area contributed by atoms with Crippen molar-refractivity contribution in [2.45, 2.75) is 19.9 Å². The Morgan fingerprint density at radius 2 is 2.00 bits per heavy atom. The Morgan fingerprint density at radius 3 is 2.65 bits per heavy atom. The minimum absolute atomic E-state index is 0.0320. The molecule has 1 unspecified atom stereocenters. The van der Waals surface area contributed by atoms with Crippen molar-refractivity contribution in [3.05, 3.63) is 69.5 Å². The topological polar surface area (TPSA) is 55.2 Å². The molecule has 0 saturated carbocycles. The number of non-ortho nitro benzene ring substituents is 1. The van der Waals surface area contributed by atoms with Crippen LogP contribution in [-0.2, 0) is 0 Å². The molecular weight excluding hydrogens is 259 g/mol. The number of halogens is 1. The summed E-state index contributed by atoms with van der Waals surface area (Å²) in [6.07, 6.45) is 0. The van der Waals surface area contributed by atoms with Crippen molar-refractivity contribution in [1.82, 2.24) is 0 Å². The molecule has 0 spiro atoms. The number of nitro groups is 1. The maximum atomic E-state index is 13.2. The van der Waals surface area contributed by atoms with Gasteiger partial charge in [-0.3, -0.25) is 10.1 Å². The molecule has 104 valence electrons.